The summed E-state index contributed by atoms with van der Waals surface area (Å²) >= 11 is 0. The molecule has 0 spiro atoms. The van der Waals surface area contributed by atoms with Crippen LogP contribution in [0.1, 0.15) is 24.4 Å². The maximum Gasteiger partial charge on any atom is 0.150 e. The fraction of sp³-hybridized carbons (Fsp3) is 0.333. The van der Waals surface area contributed by atoms with E-state index < -0.39 is 0 Å². The van der Waals surface area contributed by atoms with Crippen molar-refractivity contribution in [2.75, 3.05) is 26.2 Å². The van der Waals surface area contributed by atoms with E-state index in [-0.39, 0.29) is 5.82 Å². The van der Waals surface area contributed by atoms with E-state index >= 15 is 0 Å². The number of nitrogens with zero attached hydrogens (tertiary/aromatic N) is 4. The normalized spacial score (nSPS) is 15.3. The number of piperazine rings is 1. The van der Waals surface area contributed by atoms with Gasteiger partial charge in [-0.15, -0.1) is 10.2 Å². The second kappa shape index (κ2) is 9.81. The number of rotatable bonds is 4. The van der Waals surface area contributed by atoms with E-state index in [1.165, 1.54) is 23.8 Å². The second-order valence-electron chi connectivity index (χ2n) is 6.42. The Labute approximate surface area is 159 Å². The molecule has 1 atom stereocenters. The van der Waals surface area contributed by atoms with Crippen LogP contribution < -0.4 is 5.32 Å². The molecule has 140 valence electrons. The Bertz CT molecular complexity index is 785. The van der Waals surface area contributed by atoms with Gasteiger partial charge in [0.1, 0.15) is 18.0 Å². The molecule has 0 aliphatic carbocycles. The van der Waals surface area contributed by atoms with Crippen LogP contribution in [0.4, 0.5) is 4.39 Å². The summed E-state index contributed by atoms with van der Waals surface area (Å²) in [6, 6.07) is 19.8. The molecule has 2 heterocycles. The van der Waals surface area contributed by atoms with E-state index in [9.17, 15) is 4.39 Å². The van der Waals surface area contributed by atoms with Gasteiger partial charge in [0, 0.05) is 32.2 Å². The van der Waals surface area contributed by atoms with E-state index in [1.54, 1.807) is 0 Å². The molecule has 6 heteroatoms. The molecular formula is C21H24FN5. The molecule has 0 bridgehead atoms. The van der Waals surface area contributed by atoms with E-state index in [1.807, 2.05) is 12.4 Å². The summed E-state index contributed by atoms with van der Waals surface area (Å²) in [5.41, 5.74) is 1.28. The molecular weight excluding hydrogens is 341 g/mol. The predicted molar refractivity (Wildman–Crippen MR) is 102 cm³/mol. The maximum absolute atomic E-state index is 11.9. The van der Waals surface area contributed by atoms with Crippen LogP contribution in [0.3, 0.4) is 0 Å². The molecule has 5 nitrogen and oxygen atoms in total. The minimum absolute atomic E-state index is 0.265. The quantitative estimate of drug-likeness (QED) is 0.772. The van der Waals surface area contributed by atoms with Crippen molar-refractivity contribution in [2.45, 2.75) is 19.5 Å². The van der Waals surface area contributed by atoms with Crippen LogP contribution in [0.5, 0.6) is 0 Å². The first-order chi connectivity index (χ1) is 13.2. The molecule has 1 unspecified atom stereocenters. The molecule has 1 saturated heterocycles. The van der Waals surface area contributed by atoms with Gasteiger partial charge in [-0.05, 0) is 24.6 Å². The Kier molecular flexibility index (Phi) is 6.91. The van der Waals surface area contributed by atoms with Gasteiger partial charge < -0.3 is 9.88 Å². The van der Waals surface area contributed by atoms with Crippen molar-refractivity contribution >= 4 is 0 Å². The lowest BCUT2D eigenvalue weighted by atomic mass is 10.2. The van der Waals surface area contributed by atoms with Gasteiger partial charge in [0.15, 0.2) is 0 Å². The molecule has 0 amide bonds. The predicted octanol–water partition coefficient (Wildman–Crippen LogP) is 2.72. The van der Waals surface area contributed by atoms with Gasteiger partial charge in [-0.2, -0.15) is 0 Å². The second-order valence-corrected chi connectivity index (χ2v) is 6.42. The van der Waals surface area contributed by atoms with Gasteiger partial charge in [-0.25, -0.2) is 4.39 Å². The highest BCUT2D eigenvalue weighted by atomic mass is 19.1. The van der Waals surface area contributed by atoms with Gasteiger partial charge in [0.2, 0.25) is 0 Å². The van der Waals surface area contributed by atoms with Crippen molar-refractivity contribution in [1.29, 1.82) is 0 Å². The van der Waals surface area contributed by atoms with Crippen molar-refractivity contribution in [3.8, 4) is 0 Å². The Balaban J connectivity index is 0.000000253. The van der Waals surface area contributed by atoms with Crippen LogP contribution in [0, 0.1) is 17.9 Å². The standard InChI is InChI=1S/C15H21N5.C6H3F/c1-13(19-9-7-16-8-10-19)15-18-17-12-20(15)11-14-5-3-2-4-6-14;7-6-4-2-1-3-5-6/h2-6,12-13,16H,7-11H2,1H3;2,4-5H. The summed E-state index contributed by atoms with van der Waals surface area (Å²) in [6.07, 6.45) is 1.83. The molecule has 27 heavy (non-hydrogen) atoms. The number of hydrogen-bond acceptors (Lipinski definition) is 4. The smallest absolute Gasteiger partial charge is 0.150 e. The highest BCUT2D eigenvalue weighted by Gasteiger charge is 2.22. The lowest BCUT2D eigenvalue weighted by Crippen LogP contribution is -2.45. The third-order valence-corrected chi connectivity index (χ3v) is 4.53. The van der Waals surface area contributed by atoms with Crippen molar-refractivity contribution in [2.24, 2.45) is 0 Å². The summed E-state index contributed by atoms with van der Waals surface area (Å²) in [5.74, 6) is 0.787. The number of halogens is 1. The lowest BCUT2D eigenvalue weighted by molar-refractivity contribution is 0.176. The zero-order valence-electron chi connectivity index (χ0n) is 15.5. The molecule has 4 rings (SSSR count). The lowest BCUT2D eigenvalue weighted by Gasteiger charge is -2.32. The molecule has 0 saturated carbocycles. The third-order valence-electron chi connectivity index (χ3n) is 4.53. The van der Waals surface area contributed by atoms with E-state index in [0.29, 0.717) is 6.04 Å². The number of hydrogen-bond donors (Lipinski definition) is 1. The van der Waals surface area contributed by atoms with Crippen LogP contribution in [-0.2, 0) is 6.54 Å². The Hall–Kier alpha value is -2.75. The summed E-state index contributed by atoms with van der Waals surface area (Å²) in [7, 11) is 0. The highest BCUT2D eigenvalue weighted by molar-refractivity contribution is 5.15. The van der Waals surface area contributed by atoms with Gasteiger partial charge >= 0.3 is 0 Å². The Morgan fingerprint density at radius 3 is 2.56 bits per heavy atom. The first-order valence-corrected chi connectivity index (χ1v) is 9.13. The van der Waals surface area contributed by atoms with Crippen LogP contribution in [0.15, 0.2) is 54.9 Å². The van der Waals surface area contributed by atoms with E-state index in [2.05, 4.69) is 68.3 Å². The number of nitrogens with one attached hydrogen (secondary N) is 1. The first kappa shape index (κ1) is 19.0. The summed E-state index contributed by atoms with van der Waals surface area (Å²) in [5, 5.41) is 11.8. The number of benzene rings is 1. The average molecular weight is 365 g/mol. The molecule has 1 aliphatic rings. The fourth-order valence-electron chi connectivity index (χ4n) is 3.05. The minimum Gasteiger partial charge on any atom is -0.314 e. The SMILES string of the molecule is CC(c1nncn1Cc1ccccc1)N1CCNCC1.Fc1cc#ccc1. The van der Waals surface area contributed by atoms with Crippen LogP contribution in [-0.4, -0.2) is 45.8 Å². The van der Waals surface area contributed by atoms with Crippen molar-refractivity contribution in [3.63, 3.8) is 0 Å². The van der Waals surface area contributed by atoms with Gasteiger partial charge in [0.25, 0.3) is 0 Å². The molecule has 2 aromatic carbocycles. The fourth-order valence-corrected chi connectivity index (χ4v) is 3.05. The van der Waals surface area contributed by atoms with Gasteiger partial charge in [-0.3, -0.25) is 4.90 Å². The molecule has 1 aromatic heterocycles. The summed E-state index contributed by atoms with van der Waals surface area (Å²) < 4.78 is 14.0. The zero-order valence-corrected chi connectivity index (χ0v) is 15.5. The third kappa shape index (κ3) is 5.61. The van der Waals surface area contributed by atoms with Crippen LogP contribution in [0.25, 0.3) is 0 Å². The molecule has 0 radical (unpaired) electrons. The molecule has 1 aliphatic heterocycles. The highest BCUT2D eigenvalue weighted by Crippen LogP contribution is 2.19. The van der Waals surface area contributed by atoms with Gasteiger partial charge in [0.05, 0.1) is 12.6 Å². The van der Waals surface area contributed by atoms with Crippen LogP contribution in [0.2, 0.25) is 0 Å². The summed E-state index contributed by atoms with van der Waals surface area (Å²) in [6.45, 7) is 7.30. The van der Waals surface area contributed by atoms with Gasteiger partial charge in [-0.1, -0.05) is 42.5 Å². The van der Waals surface area contributed by atoms with E-state index in [0.717, 1.165) is 38.5 Å². The van der Waals surface area contributed by atoms with Crippen LogP contribution >= 0.6 is 0 Å². The Morgan fingerprint density at radius 1 is 1.15 bits per heavy atom. The van der Waals surface area contributed by atoms with E-state index in [4.69, 9.17) is 0 Å². The van der Waals surface area contributed by atoms with Crippen molar-refractivity contribution in [3.05, 3.63) is 84.2 Å². The van der Waals surface area contributed by atoms with Crippen molar-refractivity contribution < 1.29 is 4.39 Å². The zero-order chi connectivity index (χ0) is 18.9. The maximum atomic E-state index is 11.9. The largest absolute Gasteiger partial charge is 0.314 e. The molecule has 1 N–H and O–H groups in total. The molecule has 3 aromatic rings. The first-order valence-electron chi connectivity index (χ1n) is 9.13. The number of aromatic nitrogens is 3. The summed E-state index contributed by atoms with van der Waals surface area (Å²) in [4.78, 5) is 2.46. The topological polar surface area (TPSA) is 46.0 Å². The Morgan fingerprint density at radius 2 is 1.93 bits per heavy atom. The molecule has 1 fully saturated rings. The van der Waals surface area contributed by atoms with Crippen molar-refractivity contribution in [1.82, 2.24) is 25.0 Å². The monoisotopic (exact) mass is 365 g/mol. The minimum atomic E-state index is -0.265. The average Bonchev–Trinajstić information content (AvgIpc) is 3.18.